The maximum Gasteiger partial charge on any atom is 0.207 e. The van der Waals surface area contributed by atoms with Crippen LogP contribution in [0.1, 0.15) is 5.69 Å². The lowest BCUT2D eigenvalue weighted by atomic mass is 10.3. The first-order chi connectivity index (χ1) is 9.65. The Morgan fingerprint density at radius 3 is 2.85 bits per heavy atom. The van der Waals surface area contributed by atoms with Crippen molar-refractivity contribution in [3.05, 3.63) is 35.1 Å². The number of nitrogens with zero attached hydrogens (tertiary/aromatic N) is 2. The van der Waals surface area contributed by atoms with E-state index in [2.05, 4.69) is 10.3 Å². The van der Waals surface area contributed by atoms with Crippen LogP contribution >= 0.6 is 11.6 Å². The summed E-state index contributed by atoms with van der Waals surface area (Å²) in [7, 11) is 3.30. The van der Waals surface area contributed by atoms with Gasteiger partial charge in [-0.05, 0) is 25.1 Å². The van der Waals surface area contributed by atoms with Crippen molar-refractivity contribution >= 4 is 17.5 Å². The van der Waals surface area contributed by atoms with Gasteiger partial charge in [0.05, 0.1) is 25.1 Å². The second-order valence-electron chi connectivity index (χ2n) is 4.31. The lowest BCUT2D eigenvalue weighted by Crippen LogP contribution is -2.12. The molecule has 1 aromatic carbocycles. The summed E-state index contributed by atoms with van der Waals surface area (Å²) in [5.41, 5.74) is 1.76. The predicted molar refractivity (Wildman–Crippen MR) is 80.2 cm³/mol. The summed E-state index contributed by atoms with van der Waals surface area (Å²) in [6.07, 6.45) is 1.93. The Balaban J connectivity index is 2.38. The third-order valence-electron chi connectivity index (χ3n) is 2.82. The highest BCUT2D eigenvalue weighted by Gasteiger charge is 2.12. The molecule has 6 heteroatoms. The van der Waals surface area contributed by atoms with Gasteiger partial charge in [-0.3, -0.25) is 4.57 Å². The third-order valence-corrected chi connectivity index (χ3v) is 3.05. The minimum absolute atomic E-state index is 0.610. The van der Waals surface area contributed by atoms with Gasteiger partial charge in [0.25, 0.3) is 0 Å². The summed E-state index contributed by atoms with van der Waals surface area (Å²) >= 11 is 6.08. The molecule has 2 rings (SSSR count). The van der Waals surface area contributed by atoms with Gasteiger partial charge in [-0.25, -0.2) is 4.98 Å². The molecule has 0 unspecified atom stereocenters. The van der Waals surface area contributed by atoms with Gasteiger partial charge in [0.1, 0.15) is 5.75 Å². The van der Waals surface area contributed by atoms with Crippen LogP contribution in [-0.4, -0.2) is 36.9 Å². The SMILES string of the molecule is COCCNc1nc(C)cn1-c1cc(Cl)ccc1OC. The van der Waals surface area contributed by atoms with E-state index in [0.717, 1.165) is 23.1 Å². The molecule has 0 aliphatic rings. The van der Waals surface area contributed by atoms with Gasteiger partial charge < -0.3 is 14.8 Å². The van der Waals surface area contributed by atoms with E-state index in [1.165, 1.54) is 0 Å². The Hall–Kier alpha value is -1.72. The zero-order valence-corrected chi connectivity index (χ0v) is 12.6. The largest absolute Gasteiger partial charge is 0.495 e. The number of rotatable bonds is 6. The molecular formula is C14H18ClN3O2. The minimum atomic E-state index is 0.610. The molecule has 108 valence electrons. The summed E-state index contributed by atoms with van der Waals surface area (Å²) in [5, 5.41) is 3.88. The first-order valence-corrected chi connectivity index (χ1v) is 6.66. The average molecular weight is 296 g/mol. The van der Waals surface area contributed by atoms with Crippen LogP contribution in [0.3, 0.4) is 0 Å². The molecule has 20 heavy (non-hydrogen) atoms. The highest BCUT2D eigenvalue weighted by atomic mass is 35.5. The number of anilines is 1. The van der Waals surface area contributed by atoms with E-state index in [9.17, 15) is 0 Å². The van der Waals surface area contributed by atoms with Crippen LogP contribution in [0.25, 0.3) is 5.69 Å². The van der Waals surface area contributed by atoms with Gasteiger partial charge >= 0.3 is 0 Å². The molecule has 1 aromatic heterocycles. The van der Waals surface area contributed by atoms with Gasteiger partial charge in [-0.15, -0.1) is 0 Å². The van der Waals surface area contributed by atoms with Crippen LogP contribution in [0, 0.1) is 6.92 Å². The number of halogens is 1. The molecule has 5 nitrogen and oxygen atoms in total. The molecule has 0 atom stereocenters. The van der Waals surface area contributed by atoms with Gasteiger partial charge in [0, 0.05) is 24.9 Å². The molecule has 0 fully saturated rings. The number of hydrogen-bond acceptors (Lipinski definition) is 4. The average Bonchev–Trinajstić information content (AvgIpc) is 2.80. The number of nitrogens with one attached hydrogen (secondary N) is 1. The molecule has 1 N–H and O–H groups in total. The van der Waals surface area contributed by atoms with E-state index in [1.807, 2.05) is 29.8 Å². The van der Waals surface area contributed by atoms with Crippen LogP contribution in [0.4, 0.5) is 5.95 Å². The van der Waals surface area contributed by atoms with Gasteiger partial charge in [0.2, 0.25) is 5.95 Å². The Labute approximate surface area is 123 Å². The second kappa shape index (κ2) is 6.63. The fourth-order valence-corrected chi connectivity index (χ4v) is 2.09. The predicted octanol–water partition coefficient (Wildman–Crippen LogP) is 2.90. The van der Waals surface area contributed by atoms with Crippen LogP contribution in [-0.2, 0) is 4.74 Å². The van der Waals surface area contributed by atoms with Crippen molar-refractivity contribution in [1.82, 2.24) is 9.55 Å². The third kappa shape index (κ3) is 3.23. The fourth-order valence-electron chi connectivity index (χ4n) is 1.92. The van der Waals surface area contributed by atoms with Crippen LogP contribution in [0.2, 0.25) is 5.02 Å². The zero-order valence-electron chi connectivity index (χ0n) is 11.8. The van der Waals surface area contributed by atoms with Crippen molar-refractivity contribution in [2.45, 2.75) is 6.92 Å². The number of ether oxygens (including phenoxy) is 2. The maximum atomic E-state index is 6.08. The molecule has 0 aliphatic heterocycles. The molecule has 0 saturated carbocycles. The number of hydrogen-bond donors (Lipinski definition) is 1. The van der Waals surface area contributed by atoms with Gasteiger partial charge in [-0.1, -0.05) is 11.6 Å². The highest BCUT2D eigenvalue weighted by Crippen LogP contribution is 2.29. The van der Waals surface area contributed by atoms with Gasteiger partial charge in [-0.2, -0.15) is 0 Å². The van der Waals surface area contributed by atoms with Crippen LogP contribution in [0.15, 0.2) is 24.4 Å². The minimum Gasteiger partial charge on any atom is -0.495 e. The number of methoxy groups -OCH3 is 2. The van der Waals surface area contributed by atoms with E-state index in [-0.39, 0.29) is 0 Å². The Morgan fingerprint density at radius 2 is 2.15 bits per heavy atom. The summed E-state index contributed by atoms with van der Waals surface area (Å²) in [5.74, 6) is 1.47. The standard InChI is InChI=1S/C14H18ClN3O2/c1-10-9-18(14(17-10)16-6-7-19-2)12-8-11(15)4-5-13(12)20-3/h4-5,8-9H,6-7H2,1-3H3,(H,16,17). The molecule has 1 heterocycles. The van der Waals surface area contributed by atoms with Crippen molar-refractivity contribution in [3.8, 4) is 11.4 Å². The van der Waals surface area contributed by atoms with E-state index in [1.54, 1.807) is 20.3 Å². The number of aryl methyl sites for hydroxylation is 1. The second-order valence-corrected chi connectivity index (χ2v) is 4.75. The molecule has 0 radical (unpaired) electrons. The van der Waals surface area contributed by atoms with Crippen LogP contribution in [0.5, 0.6) is 5.75 Å². The molecular weight excluding hydrogens is 278 g/mol. The molecule has 0 aliphatic carbocycles. The Morgan fingerprint density at radius 1 is 1.35 bits per heavy atom. The highest BCUT2D eigenvalue weighted by molar-refractivity contribution is 6.30. The summed E-state index contributed by atoms with van der Waals surface area (Å²) in [4.78, 5) is 4.46. The smallest absolute Gasteiger partial charge is 0.207 e. The Bertz CT molecular complexity index is 584. The van der Waals surface area contributed by atoms with Crippen molar-refractivity contribution < 1.29 is 9.47 Å². The fraction of sp³-hybridized carbons (Fsp3) is 0.357. The van der Waals surface area contributed by atoms with E-state index in [4.69, 9.17) is 21.1 Å². The summed E-state index contributed by atoms with van der Waals surface area (Å²) in [6, 6.07) is 5.49. The zero-order chi connectivity index (χ0) is 14.5. The first kappa shape index (κ1) is 14.7. The van der Waals surface area contributed by atoms with E-state index < -0.39 is 0 Å². The van der Waals surface area contributed by atoms with E-state index in [0.29, 0.717) is 18.2 Å². The summed E-state index contributed by atoms with van der Waals surface area (Å²) < 4.78 is 12.3. The molecule has 0 saturated heterocycles. The molecule has 0 bridgehead atoms. The Kier molecular flexibility index (Phi) is 4.87. The number of aromatic nitrogens is 2. The molecule has 0 amide bonds. The monoisotopic (exact) mass is 295 g/mol. The molecule has 0 spiro atoms. The van der Waals surface area contributed by atoms with Crippen LogP contribution < -0.4 is 10.1 Å². The van der Waals surface area contributed by atoms with Crippen molar-refractivity contribution in [2.24, 2.45) is 0 Å². The summed E-state index contributed by atoms with van der Waals surface area (Å²) in [6.45, 7) is 3.23. The molecule has 2 aromatic rings. The van der Waals surface area contributed by atoms with E-state index >= 15 is 0 Å². The van der Waals surface area contributed by atoms with Crippen molar-refractivity contribution in [1.29, 1.82) is 0 Å². The first-order valence-electron chi connectivity index (χ1n) is 6.28. The number of benzene rings is 1. The van der Waals surface area contributed by atoms with Crippen molar-refractivity contribution in [3.63, 3.8) is 0 Å². The normalized spacial score (nSPS) is 10.6. The van der Waals surface area contributed by atoms with Gasteiger partial charge in [0.15, 0.2) is 0 Å². The number of imidazole rings is 1. The quantitative estimate of drug-likeness (QED) is 0.833. The lowest BCUT2D eigenvalue weighted by Gasteiger charge is -2.13. The topological polar surface area (TPSA) is 48.3 Å². The van der Waals surface area contributed by atoms with Crippen molar-refractivity contribution in [2.75, 3.05) is 32.7 Å². The maximum absolute atomic E-state index is 6.08. The lowest BCUT2D eigenvalue weighted by molar-refractivity contribution is 0.210.